The van der Waals surface area contributed by atoms with Gasteiger partial charge in [0.25, 0.3) is 0 Å². The van der Waals surface area contributed by atoms with Crippen LogP contribution in [0.3, 0.4) is 0 Å². The Bertz CT molecular complexity index is 824. The van der Waals surface area contributed by atoms with Gasteiger partial charge in [0, 0.05) is 21.9 Å². The van der Waals surface area contributed by atoms with Crippen LogP contribution in [0.1, 0.15) is 11.5 Å². The van der Waals surface area contributed by atoms with Crippen LogP contribution in [0, 0.1) is 5.82 Å². The van der Waals surface area contributed by atoms with Crippen molar-refractivity contribution in [1.29, 1.82) is 0 Å². The Morgan fingerprint density at radius 2 is 1.92 bits per heavy atom. The third kappa shape index (κ3) is 4.07. The van der Waals surface area contributed by atoms with E-state index in [-0.39, 0.29) is 5.82 Å². The molecule has 7 heteroatoms. The Balaban J connectivity index is 1.62. The maximum atomic E-state index is 12.9. The van der Waals surface area contributed by atoms with Gasteiger partial charge in [0.15, 0.2) is 0 Å². The summed E-state index contributed by atoms with van der Waals surface area (Å²) in [7, 11) is 1.63. The van der Waals surface area contributed by atoms with Gasteiger partial charge in [-0.3, -0.25) is 0 Å². The zero-order valence-corrected chi connectivity index (χ0v) is 14.4. The SMILES string of the molecule is COc1ccc(Cl)cc1CSCc1nnc(-c2ccc(F)cc2)o1. The molecule has 0 fully saturated rings. The van der Waals surface area contributed by atoms with E-state index in [9.17, 15) is 4.39 Å². The number of hydrogen-bond acceptors (Lipinski definition) is 5. The first-order chi connectivity index (χ1) is 11.7. The van der Waals surface area contributed by atoms with Crippen molar-refractivity contribution in [1.82, 2.24) is 10.2 Å². The first-order valence-corrected chi connectivity index (χ1v) is 8.67. The summed E-state index contributed by atoms with van der Waals surface area (Å²) in [5.74, 6) is 2.65. The van der Waals surface area contributed by atoms with Crippen molar-refractivity contribution in [2.45, 2.75) is 11.5 Å². The second-order valence-electron chi connectivity index (χ2n) is 4.96. The van der Waals surface area contributed by atoms with Crippen molar-refractivity contribution >= 4 is 23.4 Å². The molecule has 0 unspecified atom stereocenters. The van der Waals surface area contributed by atoms with E-state index in [1.54, 1.807) is 37.1 Å². The van der Waals surface area contributed by atoms with Gasteiger partial charge in [-0.1, -0.05) is 11.6 Å². The average Bonchev–Trinajstić information content (AvgIpc) is 3.05. The molecule has 1 heterocycles. The van der Waals surface area contributed by atoms with Crippen molar-refractivity contribution in [3.05, 3.63) is 64.8 Å². The van der Waals surface area contributed by atoms with Crippen molar-refractivity contribution in [2.24, 2.45) is 0 Å². The lowest BCUT2D eigenvalue weighted by Crippen LogP contribution is -1.91. The van der Waals surface area contributed by atoms with Gasteiger partial charge in [-0.25, -0.2) is 4.39 Å². The summed E-state index contributed by atoms with van der Waals surface area (Å²) in [6.07, 6.45) is 0. The minimum atomic E-state index is -0.301. The van der Waals surface area contributed by atoms with Gasteiger partial charge in [-0.05, 0) is 42.5 Å². The summed E-state index contributed by atoms with van der Waals surface area (Å²) in [6, 6.07) is 11.5. The molecule has 0 saturated heterocycles. The van der Waals surface area contributed by atoms with Crippen LogP contribution in [0.4, 0.5) is 4.39 Å². The summed E-state index contributed by atoms with van der Waals surface area (Å²) in [4.78, 5) is 0. The molecule has 1 aromatic heterocycles. The number of hydrogen-bond donors (Lipinski definition) is 0. The monoisotopic (exact) mass is 364 g/mol. The van der Waals surface area contributed by atoms with Crippen LogP contribution in [0.5, 0.6) is 5.75 Å². The lowest BCUT2D eigenvalue weighted by atomic mass is 10.2. The molecule has 24 heavy (non-hydrogen) atoms. The number of methoxy groups -OCH3 is 1. The van der Waals surface area contributed by atoms with Crippen LogP contribution in [0.25, 0.3) is 11.5 Å². The Labute approximate surface area is 148 Å². The van der Waals surface area contributed by atoms with Crippen LogP contribution in [-0.4, -0.2) is 17.3 Å². The van der Waals surface area contributed by atoms with E-state index in [2.05, 4.69) is 10.2 Å². The molecule has 0 radical (unpaired) electrons. The van der Waals surface area contributed by atoms with Gasteiger partial charge >= 0.3 is 0 Å². The average molecular weight is 365 g/mol. The molecule has 3 rings (SSSR count). The highest BCUT2D eigenvalue weighted by atomic mass is 35.5. The van der Waals surface area contributed by atoms with Crippen LogP contribution < -0.4 is 4.74 Å². The Hall–Kier alpha value is -2.05. The summed E-state index contributed by atoms with van der Waals surface area (Å²) in [5.41, 5.74) is 1.70. The summed E-state index contributed by atoms with van der Waals surface area (Å²) >= 11 is 7.63. The molecule has 0 aliphatic heterocycles. The number of halogens is 2. The van der Waals surface area contributed by atoms with Gasteiger partial charge in [-0.15, -0.1) is 22.0 Å². The Kier molecular flexibility index (Phi) is 5.37. The highest BCUT2D eigenvalue weighted by Gasteiger charge is 2.10. The minimum absolute atomic E-state index is 0.301. The normalized spacial score (nSPS) is 10.8. The number of aromatic nitrogens is 2. The predicted octanol–water partition coefficient (Wildman–Crippen LogP) is 4.97. The second-order valence-corrected chi connectivity index (χ2v) is 6.38. The highest BCUT2D eigenvalue weighted by molar-refractivity contribution is 7.97. The molecule has 0 aliphatic rings. The smallest absolute Gasteiger partial charge is 0.247 e. The molecular weight excluding hydrogens is 351 g/mol. The standard InChI is InChI=1S/C17H14ClFN2O2S/c1-22-15-7-4-13(18)8-12(15)9-24-10-16-20-21-17(23-16)11-2-5-14(19)6-3-11/h2-8H,9-10H2,1H3. The molecule has 0 saturated carbocycles. The van der Waals surface area contributed by atoms with Gasteiger partial charge in [0.2, 0.25) is 11.8 Å². The second kappa shape index (κ2) is 7.68. The van der Waals surface area contributed by atoms with Crippen LogP contribution in [0.2, 0.25) is 5.02 Å². The molecule has 0 N–H and O–H groups in total. The molecular formula is C17H14ClFN2O2S. The largest absolute Gasteiger partial charge is 0.496 e. The first kappa shape index (κ1) is 16.8. The number of benzene rings is 2. The van der Waals surface area contributed by atoms with Crippen LogP contribution >= 0.6 is 23.4 Å². The lowest BCUT2D eigenvalue weighted by molar-refractivity contribution is 0.411. The third-order valence-corrected chi connectivity index (χ3v) is 4.48. The lowest BCUT2D eigenvalue weighted by Gasteiger charge is -2.07. The van der Waals surface area contributed by atoms with E-state index < -0.39 is 0 Å². The zero-order valence-electron chi connectivity index (χ0n) is 12.8. The topological polar surface area (TPSA) is 48.2 Å². The maximum Gasteiger partial charge on any atom is 0.247 e. The van der Waals surface area contributed by atoms with Crippen molar-refractivity contribution in [3.8, 4) is 17.2 Å². The van der Waals surface area contributed by atoms with E-state index in [0.29, 0.717) is 33.9 Å². The number of rotatable bonds is 6. The maximum absolute atomic E-state index is 12.9. The van der Waals surface area contributed by atoms with Crippen LogP contribution in [-0.2, 0) is 11.5 Å². The van der Waals surface area contributed by atoms with E-state index >= 15 is 0 Å². The molecule has 4 nitrogen and oxygen atoms in total. The van der Waals surface area contributed by atoms with E-state index in [1.807, 2.05) is 12.1 Å². The van der Waals surface area contributed by atoms with Gasteiger partial charge in [0.1, 0.15) is 11.6 Å². The van der Waals surface area contributed by atoms with Crippen LogP contribution in [0.15, 0.2) is 46.9 Å². The summed E-state index contributed by atoms with van der Waals surface area (Å²) in [6.45, 7) is 0. The number of thioether (sulfide) groups is 1. The fraction of sp³-hybridized carbons (Fsp3) is 0.176. The quantitative estimate of drug-likeness (QED) is 0.618. The van der Waals surface area contributed by atoms with E-state index in [4.69, 9.17) is 20.8 Å². The van der Waals surface area contributed by atoms with Crippen molar-refractivity contribution in [2.75, 3.05) is 7.11 Å². The highest BCUT2D eigenvalue weighted by Crippen LogP contribution is 2.28. The molecule has 0 bridgehead atoms. The molecule has 0 spiro atoms. The minimum Gasteiger partial charge on any atom is -0.496 e. The Morgan fingerprint density at radius 1 is 1.12 bits per heavy atom. The third-order valence-electron chi connectivity index (χ3n) is 3.28. The molecule has 124 valence electrons. The van der Waals surface area contributed by atoms with E-state index in [0.717, 1.165) is 11.3 Å². The first-order valence-electron chi connectivity index (χ1n) is 7.14. The van der Waals surface area contributed by atoms with Gasteiger partial charge < -0.3 is 9.15 Å². The predicted molar refractivity (Wildman–Crippen MR) is 92.7 cm³/mol. The molecule has 0 aliphatic carbocycles. The van der Waals surface area contributed by atoms with Crippen molar-refractivity contribution in [3.63, 3.8) is 0 Å². The fourth-order valence-corrected chi connectivity index (χ4v) is 3.16. The fourth-order valence-electron chi connectivity index (χ4n) is 2.13. The Morgan fingerprint density at radius 3 is 2.67 bits per heavy atom. The zero-order chi connectivity index (χ0) is 16.9. The number of ether oxygens (including phenoxy) is 1. The molecule has 0 amide bonds. The molecule has 0 atom stereocenters. The van der Waals surface area contributed by atoms with E-state index in [1.165, 1.54) is 12.1 Å². The van der Waals surface area contributed by atoms with Crippen molar-refractivity contribution < 1.29 is 13.5 Å². The molecule has 3 aromatic rings. The van der Waals surface area contributed by atoms with Gasteiger partial charge in [0.05, 0.1) is 12.9 Å². The summed E-state index contributed by atoms with van der Waals surface area (Å²) < 4.78 is 23.9. The summed E-state index contributed by atoms with van der Waals surface area (Å²) in [5, 5.41) is 8.68. The number of nitrogens with zero attached hydrogens (tertiary/aromatic N) is 2. The van der Waals surface area contributed by atoms with Gasteiger partial charge in [-0.2, -0.15) is 0 Å². The molecule has 2 aromatic carbocycles.